The number of halogens is 1. The van der Waals surface area contributed by atoms with Crippen molar-refractivity contribution in [2.75, 3.05) is 46.9 Å². The highest BCUT2D eigenvalue weighted by Crippen LogP contribution is 2.13. The third kappa shape index (κ3) is 10.0. The number of likely N-dealkylation sites (tertiary alicyclic amines) is 1. The zero-order chi connectivity index (χ0) is 21.8. The minimum Gasteiger partial charge on any atom is -0.383 e. The van der Waals surface area contributed by atoms with Crippen LogP contribution in [0.25, 0.3) is 0 Å². The van der Waals surface area contributed by atoms with Gasteiger partial charge in [0.1, 0.15) is 0 Å². The van der Waals surface area contributed by atoms with Crippen molar-refractivity contribution in [2.24, 2.45) is 4.99 Å². The van der Waals surface area contributed by atoms with Gasteiger partial charge in [-0.05, 0) is 43.5 Å². The summed E-state index contributed by atoms with van der Waals surface area (Å²) in [5.74, 6) is 0.744. The van der Waals surface area contributed by atoms with Crippen molar-refractivity contribution in [1.82, 2.24) is 20.3 Å². The van der Waals surface area contributed by atoms with E-state index in [1.807, 2.05) is 6.07 Å². The number of aliphatic imine (C=N–C) groups is 1. The largest absolute Gasteiger partial charge is 0.383 e. The van der Waals surface area contributed by atoms with Gasteiger partial charge in [0.05, 0.1) is 11.5 Å². The average molecular weight is 568 g/mol. The molecule has 3 N–H and O–H groups in total. The van der Waals surface area contributed by atoms with Crippen molar-refractivity contribution in [3.63, 3.8) is 0 Å². The number of sulfonamides is 1. The Bertz CT molecular complexity index is 768. The topological polar surface area (TPSA) is 95.1 Å². The Kier molecular flexibility index (Phi) is 13.6. The third-order valence-electron chi connectivity index (χ3n) is 5.25. The van der Waals surface area contributed by atoms with Crippen molar-refractivity contribution in [3.8, 4) is 0 Å². The number of piperidine rings is 1. The summed E-state index contributed by atoms with van der Waals surface area (Å²) >= 11 is 0. The Balaban J connectivity index is 0.00000480. The molecule has 178 valence electrons. The van der Waals surface area contributed by atoms with Crippen LogP contribution in [0.3, 0.4) is 0 Å². The van der Waals surface area contributed by atoms with E-state index in [1.54, 1.807) is 25.2 Å². The maximum absolute atomic E-state index is 12.4. The van der Waals surface area contributed by atoms with E-state index >= 15 is 0 Å². The Morgan fingerprint density at radius 3 is 2.68 bits per heavy atom. The van der Waals surface area contributed by atoms with Crippen molar-refractivity contribution < 1.29 is 13.2 Å². The van der Waals surface area contributed by atoms with Gasteiger partial charge in [-0.15, -0.1) is 24.0 Å². The fraction of sp³-hybridized carbons (Fsp3) is 0.667. The number of hydrogen-bond acceptors (Lipinski definition) is 5. The molecule has 1 fully saturated rings. The quantitative estimate of drug-likeness (QED) is 0.164. The lowest BCUT2D eigenvalue weighted by molar-refractivity contribution is 0.203. The van der Waals surface area contributed by atoms with E-state index in [9.17, 15) is 8.42 Å². The van der Waals surface area contributed by atoms with Crippen LogP contribution in [0.2, 0.25) is 0 Å². The Morgan fingerprint density at radius 2 is 2.03 bits per heavy atom. The molecule has 0 atom stereocenters. The maximum Gasteiger partial charge on any atom is 0.240 e. The van der Waals surface area contributed by atoms with E-state index in [-0.39, 0.29) is 35.4 Å². The highest BCUT2D eigenvalue weighted by molar-refractivity contribution is 14.0. The number of ether oxygens (including phenoxy) is 1. The van der Waals surface area contributed by atoms with Crippen LogP contribution < -0.4 is 15.4 Å². The molecular formula is C21H38IN5O3S. The predicted molar refractivity (Wildman–Crippen MR) is 137 cm³/mol. The molecule has 0 bridgehead atoms. The molecule has 0 spiro atoms. The fourth-order valence-corrected chi connectivity index (χ4v) is 4.52. The highest BCUT2D eigenvalue weighted by atomic mass is 127. The lowest BCUT2D eigenvalue weighted by atomic mass is 10.0. The molecule has 8 nitrogen and oxygen atoms in total. The van der Waals surface area contributed by atoms with Crippen LogP contribution in [0.15, 0.2) is 34.2 Å². The molecule has 0 amide bonds. The summed E-state index contributed by atoms with van der Waals surface area (Å²) in [6.07, 6.45) is 4.70. The fourth-order valence-electron chi connectivity index (χ4n) is 3.44. The van der Waals surface area contributed by atoms with Gasteiger partial charge in [-0.1, -0.05) is 25.5 Å². The Labute approximate surface area is 204 Å². The number of nitrogens with one attached hydrogen (secondary N) is 3. The molecular weight excluding hydrogens is 529 g/mol. The van der Waals surface area contributed by atoms with Gasteiger partial charge < -0.3 is 20.3 Å². The second kappa shape index (κ2) is 15.0. The summed E-state index contributed by atoms with van der Waals surface area (Å²) in [4.78, 5) is 7.11. The molecule has 0 aliphatic carbocycles. The first-order valence-corrected chi connectivity index (χ1v) is 12.2. The van der Waals surface area contributed by atoms with Crippen LogP contribution in [0.1, 0.15) is 38.2 Å². The van der Waals surface area contributed by atoms with Crippen molar-refractivity contribution >= 4 is 40.0 Å². The van der Waals surface area contributed by atoms with Crippen LogP contribution >= 0.6 is 24.0 Å². The molecule has 1 aromatic carbocycles. The summed E-state index contributed by atoms with van der Waals surface area (Å²) in [7, 11) is -0.247. The van der Waals surface area contributed by atoms with Gasteiger partial charge in [-0.3, -0.25) is 4.99 Å². The lowest BCUT2D eigenvalue weighted by Gasteiger charge is -2.33. The minimum absolute atomic E-state index is 0. The van der Waals surface area contributed by atoms with Crippen LogP contribution in [-0.4, -0.2) is 72.3 Å². The van der Waals surface area contributed by atoms with Crippen LogP contribution in [0.4, 0.5) is 0 Å². The smallest absolute Gasteiger partial charge is 0.240 e. The van der Waals surface area contributed by atoms with Gasteiger partial charge in [-0.25, -0.2) is 13.1 Å². The Hall–Kier alpha value is -0.950. The van der Waals surface area contributed by atoms with Gasteiger partial charge in [0.2, 0.25) is 10.0 Å². The van der Waals surface area contributed by atoms with Gasteiger partial charge >= 0.3 is 0 Å². The van der Waals surface area contributed by atoms with E-state index < -0.39 is 10.0 Å². The van der Waals surface area contributed by atoms with E-state index in [4.69, 9.17) is 4.74 Å². The van der Waals surface area contributed by atoms with Crippen molar-refractivity contribution in [3.05, 3.63) is 29.8 Å². The Morgan fingerprint density at radius 1 is 1.29 bits per heavy atom. The first-order valence-electron chi connectivity index (χ1n) is 10.8. The van der Waals surface area contributed by atoms with Gasteiger partial charge in [0.15, 0.2) is 5.96 Å². The molecule has 0 saturated carbocycles. The number of methoxy groups -OCH3 is 1. The summed E-state index contributed by atoms with van der Waals surface area (Å²) in [6.45, 7) is 6.73. The van der Waals surface area contributed by atoms with E-state index in [0.29, 0.717) is 19.2 Å². The molecule has 1 aliphatic heterocycles. The first kappa shape index (κ1) is 28.1. The summed E-state index contributed by atoms with van der Waals surface area (Å²) in [5.41, 5.74) is 0.877. The van der Waals surface area contributed by atoms with Gasteiger partial charge in [0.25, 0.3) is 0 Å². The number of unbranched alkanes of at least 4 members (excludes halogenated alkanes) is 1. The summed E-state index contributed by atoms with van der Waals surface area (Å²) < 4.78 is 32.2. The van der Waals surface area contributed by atoms with Crippen molar-refractivity contribution in [1.29, 1.82) is 0 Å². The SMILES string of the molecule is CCCCN1CCC(NC(=NC)NCc2cccc(S(=O)(=O)NCCOC)c2)CC1.I. The second-order valence-corrected chi connectivity index (χ2v) is 9.34. The first-order chi connectivity index (χ1) is 14.5. The molecule has 31 heavy (non-hydrogen) atoms. The molecule has 1 heterocycles. The minimum atomic E-state index is -3.54. The van der Waals surface area contributed by atoms with E-state index in [2.05, 4.69) is 32.2 Å². The summed E-state index contributed by atoms with van der Waals surface area (Å²) in [6, 6.07) is 7.34. The number of rotatable bonds is 11. The van der Waals surface area contributed by atoms with Gasteiger partial charge in [0, 0.05) is 46.4 Å². The standard InChI is InChI=1S/C21H37N5O3S.HI/c1-4-5-12-26-13-9-19(10-14-26)25-21(22-2)23-17-18-7-6-8-20(16-18)30(27,28)24-11-15-29-3;/h6-8,16,19,24H,4-5,9-15,17H2,1-3H3,(H2,22,23,25);1H. The zero-order valence-corrected chi connectivity index (χ0v) is 22.0. The number of hydrogen-bond donors (Lipinski definition) is 3. The lowest BCUT2D eigenvalue weighted by Crippen LogP contribution is -2.48. The van der Waals surface area contributed by atoms with Crippen LogP contribution in [0, 0.1) is 0 Å². The second-order valence-electron chi connectivity index (χ2n) is 7.58. The number of guanidine groups is 1. The molecule has 1 aromatic rings. The summed E-state index contributed by atoms with van der Waals surface area (Å²) in [5, 5.41) is 6.80. The molecule has 1 aliphatic rings. The third-order valence-corrected chi connectivity index (χ3v) is 6.71. The van der Waals surface area contributed by atoms with E-state index in [0.717, 1.165) is 37.5 Å². The molecule has 2 rings (SSSR count). The zero-order valence-electron chi connectivity index (χ0n) is 18.9. The van der Waals surface area contributed by atoms with E-state index in [1.165, 1.54) is 26.5 Å². The van der Waals surface area contributed by atoms with Crippen molar-refractivity contribution in [2.45, 2.75) is 50.1 Å². The van der Waals surface area contributed by atoms with Crippen LogP contribution in [0.5, 0.6) is 0 Å². The number of nitrogens with zero attached hydrogens (tertiary/aromatic N) is 2. The molecule has 0 unspecified atom stereocenters. The molecule has 1 saturated heterocycles. The molecule has 10 heteroatoms. The van der Waals surface area contributed by atoms with Gasteiger partial charge in [-0.2, -0.15) is 0 Å². The normalized spacial score (nSPS) is 16.0. The number of benzene rings is 1. The monoisotopic (exact) mass is 567 g/mol. The highest BCUT2D eigenvalue weighted by Gasteiger charge is 2.19. The maximum atomic E-state index is 12.4. The predicted octanol–water partition coefficient (Wildman–Crippen LogP) is 2.16. The average Bonchev–Trinajstić information content (AvgIpc) is 2.76. The molecule has 0 radical (unpaired) electrons. The molecule has 0 aromatic heterocycles. The van der Waals surface area contributed by atoms with Crippen LogP contribution in [-0.2, 0) is 21.3 Å².